The molecule has 0 spiro atoms. The van der Waals surface area contributed by atoms with E-state index in [1.165, 1.54) is 17.0 Å². The Balaban J connectivity index is 1.72. The highest BCUT2D eigenvalue weighted by molar-refractivity contribution is 9.10. The molecule has 0 bridgehead atoms. The molecule has 0 unspecified atom stereocenters. The van der Waals surface area contributed by atoms with Crippen LogP contribution >= 0.6 is 27.7 Å². The number of benzene rings is 2. The molecule has 3 rings (SSSR count). The van der Waals surface area contributed by atoms with Gasteiger partial charge in [-0.05, 0) is 64.1 Å². The summed E-state index contributed by atoms with van der Waals surface area (Å²) in [7, 11) is -3.72. The summed E-state index contributed by atoms with van der Waals surface area (Å²) in [5, 5.41) is 11.4. The number of rotatable bonds is 7. The number of anilines is 3. The Hall–Kier alpha value is -2.14. The molecular weight excluding hydrogens is 462 g/mol. The van der Waals surface area contributed by atoms with E-state index >= 15 is 0 Å². The number of hydrogen-bond donors (Lipinski definition) is 3. The molecule has 146 valence electrons. The smallest absolute Gasteiger partial charge is 0.238 e. The van der Waals surface area contributed by atoms with Crippen LogP contribution in [-0.2, 0) is 16.6 Å². The minimum Gasteiger partial charge on any atom is -0.365 e. The predicted octanol–water partition coefficient (Wildman–Crippen LogP) is 3.96. The van der Waals surface area contributed by atoms with Gasteiger partial charge in [0.1, 0.15) is 5.82 Å². The van der Waals surface area contributed by atoms with Gasteiger partial charge in [-0.2, -0.15) is 4.98 Å². The van der Waals surface area contributed by atoms with Gasteiger partial charge in [0, 0.05) is 23.3 Å². The SMILES string of the molecule is CSc1cccc(CNc2nc(Nc3ccc(S(N)(=O)=O)cc3)ncc2Br)c1. The fourth-order valence-corrected chi connectivity index (χ4v) is 3.71. The predicted molar refractivity (Wildman–Crippen MR) is 116 cm³/mol. The molecule has 3 aromatic rings. The summed E-state index contributed by atoms with van der Waals surface area (Å²) in [6.07, 6.45) is 3.69. The van der Waals surface area contributed by atoms with Crippen LogP contribution in [-0.4, -0.2) is 24.6 Å². The van der Waals surface area contributed by atoms with Crippen LogP contribution in [0.4, 0.5) is 17.5 Å². The Labute approximate surface area is 176 Å². The number of sulfonamides is 1. The number of hydrogen-bond acceptors (Lipinski definition) is 7. The molecule has 0 saturated heterocycles. The summed E-state index contributed by atoms with van der Waals surface area (Å²) in [5.74, 6) is 1.03. The van der Waals surface area contributed by atoms with Crippen molar-refractivity contribution in [3.05, 3.63) is 64.8 Å². The summed E-state index contributed by atoms with van der Waals surface area (Å²) in [6, 6.07) is 14.3. The molecule has 1 aromatic heterocycles. The number of halogens is 1. The molecule has 0 aliphatic heterocycles. The van der Waals surface area contributed by atoms with Crippen LogP contribution in [0.3, 0.4) is 0 Å². The number of nitrogens with two attached hydrogens (primary N) is 1. The lowest BCUT2D eigenvalue weighted by atomic mass is 10.2. The third-order valence-electron chi connectivity index (χ3n) is 3.78. The van der Waals surface area contributed by atoms with Crippen molar-refractivity contribution < 1.29 is 8.42 Å². The first kappa shape index (κ1) is 20.6. The van der Waals surface area contributed by atoms with Gasteiger partial charge < -0.3 is 10.6 Å². The van der Waals surface area contributed by atoms with Crippen LogP contribution in [0.25, 0.3) is 0 Å². The Kier molecular flexibility index (Phi) is 6.55. The van der Waals surface area contributed by atoms with Crippen molar-refractivity contribution in [2.75, 3.05) is 16.9 Å². The molecule has 0 radical (unpaired) electrons. The molecule has 2 aromatic carbocycles. The Morgan fingerprint density at radius 3 is 2.61 bits per heavy atom. The van der Waals surface area contributed by atoms with Crippen LogP contribution in [0.2, 0.25) is 0 Å². The van der Waals surface area contributed by atoms with Gasteiger partial charge >= 0.3 is 0 Å². The normalized spacial score (nSPS) is 11.2. The molecule has 0 atom stereocenters. The van der Waals surface area contributed by atoms with E-state index in [0.29, 0.717) is 24.0 Å². The zero-order valence-electron chi connectivity index (χ0n) is 14.9. The van der Waals surface area contributed by atoms with Gasteiger partial charge in [-0.25, -0.2) is 18.5 Å². The van der Waals surface area contributed by atoms with Gasteiger partial charge in [0.2, 0.25) is 16.0 Å². The zero-order valence-corrected chi connectivity index (χ0v) is 18.1. The Morgan fingerprint density at radius 1 is 1.18 bits per heavy atom. The van der Waals surface area contributed by atoms with Crippen molar-refractivity contribution in [2.45, 2.75) is 16.3 Å². The minimum absolute atomic E-state index is 0.0459. The lowest BCUT2D eigenvalue weighted by Gasteiger charge is -2.11. The van der Waals surface area contributed by atoms with E-state index in [9.17, 15) is 8.42 Å². The van der Waals surface area contributed by atoms with Crippen LogP contribution in [0, 0.1) is 0 Å². The second kappa shape index (κ2) is 8.91. The quantitative estimate of drug-likeness (QED) is 0.439. The first-order valence-corrected chi connectivity index (χ1v) is 11.7. The van der Waals surface area contributed by atoms with E-state index < -0.39 is 10.0 Å². The highest BCUT2D eigenvalue weighted by Crippen LogP contribution is 2.24. The number of nitrogens with zero attached hydrogens (tertiary/aromatic N) is 2. The van der Waals surface area contributed by atoms with Gasteiger partial charge in [0.15, 0.2) is 0 Å². The molecule has 0 fully saturated rings. The Morgan fingerprint density at radius 2 is 1.93 bits per heavy atom. The number of aromatic nitrogens is 2. The van der Waals surface area contributed by atoms with Gasteiger partial charge in [0.05, 0.1) is 9.37 Å². The highest BCUT2D eigenvalue weighted by Gasteiger charge is 2.09. The van der Waals surface area contributed by atoms with Crippen molar-refractivity contribution in [3.63, 3.8) is 0 Å². The van der Waals surface area contributed by atoms with Crippen LogP contribution < -0.4 is 15.8 Å². The standard InChI is InChI=1S/C18H18BrN5O2S2/c1-27-14-4-2-3-12(9-14)10-21-17-16(19)11-22-18(24-17)23-13-5-7-15(8-6-13)28(20,25)26/h2-9,11H,10H2,1H3,(H2,20,25,26)(H2,21,22,23,24). The van der Waals surface area contributed by atoms with Crippen LogP contribution in [0.1, 0.15) is 5.56 Å². The number of thioether (sulfide) groups is 1. The van der Waals surface area contributed by atoms with E-state index in [0.717, 1.165) is 10.0 Å². The van der Waals surface area contributed by atoms with E-state index in [1.54, 1.807) is 30.1 Å². The highest BCUT2D eigenvalue weighted by atomic mass is 79.9. The summed E-state index contributed by atoms with van der Waals surface area (Å²) in [6.45, 7) is 0.618. The second-order valence-corrected chi connectivity index (χ2v) is 9.09. The number of primary sulfonamides is 1. The maximum atomic E-state index is 11.3. The summed E-state index contributed by atoms with van der Waals surface area (Å²) in [4.78, 5) is 9.95. The third kappa shape index (κ3) is 5.44. The van der Waals surface area contributed by atoms with E-state index in [1.807, 2.05) is 18.4 Å². The Bertz CT molecular complexity index is 1080. The van der Waals surface area contributed by atoms with Crippen molar-refractivity contribution in [2.24, 2.45) is 5.14 Å². The summed E-state index contributed by atoms with van der Waals surface area (Å²) >= 11 is 5.14. The molecule has 0 saturated carbocycles. The monoisotopic (exact) mass is 479 g/mol. The zero-order chi connectivity index (χ0) is 20.1. The third-order valence-corrected chi connectivity index (χ3v) is 6.01. The van der Waals surface area contributed by atoms with Gasteiger partial charge in [-0.1, -0.05) is 12.1 Å². The average Bonchev–Trinajstić information content (AvgIpc) is 2.68. The lowest BCUT2D eigenvalue weighted by molar-refractivity contribution is 0.598. The lowest BCUT2D eigenvalue weighted by Crippen LogP contribution is -2.11. The second-order valence-electron chi connectivity index (χ2n) is 5.79. The topological polar surface area (TPSA) is 110 Å². The minimum atomic E-state index is -3.72. The van der Waals surface area contributed by atoms with Gasteiger partial charge in [0.25, 0.3) is 0 Å². The fraction of sp³-hybridized carbons (Fsp3) is 0.111. The molecule has 4 N–H and O–H groups in total. The fourth-order valence-electron chi connectivity index (χ4n) is 2.38. The largest absolute Gasteiger partial charge is 0.365 e. The summed E-state index contributed by atoms with van der Waals surface area (Å²) in [5.41, 5.74) is 1.79. The van der Waals surface area contributed by atoms with Gasteiger partial charge in [-0.3, -0.25) is 0 Å². The molecule has 0 amide bonds. The van der Waals surface area contributed by atoms with Crippen LogP contribution in [0.15, 0.2) is 69.0 Å². The molecule has 28 heavy (non-hydrogen) atoms. The van der Waals surface area contributed by atoms with Crippen LogP contribution in [0.5, 0.6) is 0 Å². The molecule has 7 nitrogen and oxygen atoms in total. The average molecular weight is 480 g/mol. The van der Waals surface area contributed by atoms with E-state index in [2.05, 4.69) is 48.7 Å². The van der Waals surface area contributed by atoms with E-state index in [4.69, 9.17) is 5.14 Å². The first-order chi connectivity index (χ1) is 13.3. The van der Waals surface area contributed by atoms with Crippen molar-refractivity contribution in [3.8, 4) is 0 Å². The molecule has 10 heteroatoms. The molecular formula is C18H18BrN5O2S2. The van der Waals surface area contributed by atoms with Crippen molar-refractivity contribution >= 4 is 55.2 Å². The maximum Gasteiger partial charge on any atom is 0.238 e. The number of nitrogens with one attached hydrogen (secondary N) is 2. The van der Waals surface area contributed by atoms with E-state index in [-0.39, 0.29) is 4.90 Å². The first-order valence-electron chi connectivity index (χ1n) is 8.14. The van der Waals surface area contributed by atoms with Gasteiger partial charge in [-0.15, -0.1) is 11.8 Å². The van der Waals surface area contributed by atoms with Crippen molar-refractivity contribution in [1.29, 1.82) is 0 Å². The summed E-state index contributed by atoms with van der Waals surface area (Å²) < 4.78 is 23.4. The molecule has 1 heterocycles. The molecule has 0 aliphatic carbocycles. The molecule has 0 aliphatic rings. The van der Waals surface area contributed by atoms with Crippen molar-refractivity contribution in [1.82, 2.24) is 9.97 Å². The maximum absolute atomic E-state index is 11.3.